The Balaban J connectivity index is 2.62. The minimum Gasteiger partial charge on any atom is -0.463 e. The van der Waals surface area contributed by atoms with E-state index in [2.05, 4.69) is 4.98 Å². The Hall–Kier alpha value is -2.05. The molecule has 1 aliphatic rings. The predicted molar refractivity (Wildman–Crippen MR) is 55.7 cm³/mol. The van der Waals surface area contributed by atoms with E-state index in [9.17, 15) is 9.59 Å². The highest BCUT2D eigenvalue weighted by atomic mass is 16.5. The van der Waals surface area contributed by atoms with Gasteiger partial charge >= 0.3 is 5.69 Å². The minimum absolute atomic E-state index is 0.331. The third-order valence-corrected chi connectivity index (χ3v) is 2.86. The maximum atomic E-state index is 12.0. The van der Waals surface area contributed by atoms with Gasteiger partial charge in [0.1, 0.15) is 6.61 Å². The summed E-state index contributed by atoms with van der Waals surface area (Å²) in [6.07, 6.45) is 0. The summed E-state index contributed by atoms with van der Waals surface area (Å²) in [7, 11) is 3.05. The smallest absolute Gasteiger partial charge is 0.332 e. The number of rotatable bonds is 0. The van der Waals surface area contributed by atoms with Crippen LogP contribution in [-0.4, -0.2) is 25.3 Å². The molecule has 0 aromatic carbocycles. The standard InChI is InChI=1S/C9H10N4O3/c1-11-6-5(7(14)12(2)9(11)15)13-3-4-16-8(13)10-6/h3-4H2,1-2H3. The molecule has 0 spiro atoms. The van der Waals surface area contributed by atoms with Gasteiger partial charge in [0.05, 0.1) is 6.54 Å². The molecule has 0 aliphatic carbocycles. The second kappa shape index (κ2) is 2.75. The molecule has 3 rings (SSSR count). The SMILES string of the molecule is Cn1c(=O)c2c(nc3n2CCO3)n(C)c1=O. The lowest BCUT2D eigenvalue weighted by molar-refractivity contribution is 0.345. The average molecular weight is 222 g/mol. The molecule has 84 valence electrons. The zero-order chi connectivity index (χ0) is 11.4. The van der Waals surface area contributed by atoms with Crippen molar-refractivity contribution in [3.8, 4) is 6.01 Å². The summed E-state index contributed by atoms with van der Waals surface area (Å²) in [5.74, 6) is 0. The van der Waals surface area contributed by atoms with Crippen LogP contribution in [0.4, 0.5) is 0 Å². The lowest BCUT2D eigenvalue weighted by Gasteiger charge is -2.03. The second-order valence-corrected chi connectivity index (χ2v) is 3.77. The van der Waals surface area contributed by atoms with Crippen molar-refractivity contribution < 1.29 is 4.74 Å². The number of aromatic nitrogens is 4. The molecular weight excluding hydrogens is 212 g/mol. The van der Waals surface area contributed by atoms with E-state index in [0.29, 0.717) is 30.3 Å². The van der Waals surface area contributed by atoms with E-state index in [1.54, 1.807) is 11.6 Å². The van der Waals surface area contributed by atoms with E-state index in [1.807, 2.05) is 0 Å². The van der Waals surface area contributed by atoms with Crippen LogP contribution in [0, 0.1) is 0 Å². The van der Waals surface area contributed by atoms with Crippen LogP contribution in [0.15, 0.2) is 9.59 Å². The summed E-state index contributed by atoms with van der Waals surface area (Å²) in [6, 6.07) is 0.410. The highest BCUT2D eigenvalue weighted by molar-refractivity contribution is 5.72. The summed E-state index contributed by atoms with van der Waals surface area (Å²) in [5, 5.41) is 0. The van der Waals surface area contributed by atoms with Crippen molar-refractivity contribution in [1.29, 1.82) is 0 Å². The Morgan fingerprint density at radius 1 is 1.25 bits per heavy atom. The highest BCUT2D eigenvalue weighted by Gasteiger charge is 2.22. The van der Waals surface area contributed by atoms with Crippen LogP contribution in [0.3, 0.4) is 0 Å². The van der Waals surface area contributed by atoms with Gasteiger partial charge in [-0.15, -0.1) is 0 Å². The molecule has 1 aliphatic heterocycles. The first kappa shape index (κ1) is 9.20. The molecule has 0 saturated heterocycles. The van der Waals surface area contributed by atoms with Gasteiger partial charge in [-0.3, -0.25) is 18.5 Å². The fourth-order valence-corrected chi connectivity index (χ4v) is 1.97. The first-order chi connectivity index (χ1) is 7.61. The molecule has 16 heavy (non-hydrogen) atoms. The number of fused-ring (bicyclic) bond motifs is 3. The van der Waals surface area contributed by atoms with Crippen LogP contribution >= 0.6 is 0 Å². The first-order valence-electron chi connectivity index (χ1n) is 4.90. The molecule has 0 amide bonds. The van der Waals surface area contributed by atoms with Gasteiger partial charge in [0.25, 0.3) is 11.6 Å². The Labute approximate surface area is 89.5 Å². The largest absolute Gasteiger partial charge is 0.463 e. The number of hydrogen-bond donors (Lipinski definition) is 0. The summed E-state index contributed by atoms with van der Waals surface area (Å²) >= 11 is 0. The van der Waals surface area contributed by atoms with E-state index < -0.39 is 0 Å². The molecule has 7 heteroatoms. The van der Waals surface area contributed by atoms with Crippen molar-refractivity contribution in [1.82, 2.24) is 18.7 Å². The average Bonchev–Trinajstić information content (AvgIpc) is 2.82. The Morgan fingerprint density at radius 2 is 2.00 bits per heavy atom. The highest BCUT2D eigenvalue weighted by Crippen LogP contribution is 2.21. The van der Waals surface area contributed by atoms with Crippen LogP contribution in [0.2, 0.25) is 0 Å². The van der Waals surface area contributed by atoms with Gasteiger partial charge in [-0.1, -0.05) is 0 Å². The molecule has 2 aromatic heterocycles. The zero-order valence-corrected chi connectivity index (χ0v) is 8.93. The van der Waals surface area contributed by atoms with Crippen LogP contribution in [0.5, 0.6) is 6.01 Å². The van der Waals surface area contributed by atoms with Crippen LogP contribution in [0.25, 0.3) is 11.2 Å². The second-order valence-electron chi connectivity index (χ2n) is 3.77. The molecule has 3 heterocycles. The number of nitrogens with zero attached hydrogens (tertiary/aromatic N) is 4. The molecule has 2 aromatic rings. The van der Waals surface area contributed by atoms with Crippen LogP contribution in [-0.2, 0) is 20.6 Å². The van der Waals surface area contributed by atoms with Crippen molar-refractivity contribution >= 4 is 11.2 Å². The number of imidazole rings is 1. The van der Waals surface area contributed by atoms with E-state index in [-0.39, 0.29) is 11.2 Å². The van der Waals surface area contributed by atoms with Gasteiger partial charge < -0.3 is 4.74 Å². The van der Waals surface area contributed by atoms with E-state index in [1.165, 1.54) is 11.6 Å². The van der Waals surface area contributed by atoms with Gasteiger partial charge in [-0.25, -0.2) is 4.79 Å². The van der Waals surface area contributed by atoms with Gasteiger partial charge in [0.2, 0.25) is 0 Å². The molecule has 0 saturated carbocycles. The van der Waals surface area contributed by atoms with Gasteiger partial charge in [-0.05, 0) is 0 Å². The monoisotopic (exact) mass is 222 g/mol. The third kappa shape index (κ3) is 0.898. The normalized spacial score (nSPS) is 14.1. The van der Waals surface area contributed by atoms with Gasteiger partial charge in [0.15, 0.2) is 11.2 Å². The summed E-state index contributed by atoms with van der Waals surface area (Å²) in [6.45, 7) is 1.11. The summed E-state index contributed by atoms with van der Waals surface area (Å²) in [4.78, 5) is 27.8. The molecule has 0 fully saturated rings. The van der Waals surface area contributed by atoms with Crippen LogP contribution < -0.4 is 16.0 Å². The number of hydrogen-bond acceptors (Lipinski definition) is 4. The minimum atomic E-state index is -0.380. The van der Waals surface area contributed by atoms with E-state index >= 15 is 0 Å². The molecule has 0 radical (unpaired) electrons. The fourth-order valence-electron chi connectivity index (χ4n) is 1.97. The lowest BCUT2D eigenvalue weighted by atomic mass is 10.5. The first-order valence-corrected chi connectivity index (χ1v) is 4.90. The predicted octanol–water partition coefficient (Wildman–Crippen LogP) is -1.17. The van der Waals surface area contributed by atoms with Gasteiger partial charge in [-0.2, -0.15) is 4.98 Å². The van der Waals surface area contributed by atoms with Crippen molar-refractivity contribution in [3.63, 3.8) is 0 Å². The Morgan fingerprint density at radius 3 is 2.75 bits per heavy atom. The molecule has 0 atom stereocenters. The Bertz CT molecular complexity index is 706. The van der Waals surface area contributed by atoms with Crippen molar-refractivity contribution in [2.24, 2.45) is 14.1 Å². The third-order valence-electron chi connectivity index (χ3n) is 2.86. The van der Waals surface area contributed by atoms with Crippen molar-refractivity contribution in [2.75, 3.05) is 6.61 Å². The lowest BCUT2D eigenvalue weighted by Crippen LogP contribution is -2.37. The number of aryl methyl sites for hydroxylation is 1. The Kier molecular flexibility index (Phi) is 1.58. The topological polar surface area (TPSA) is 71.0 Å². The molecular formula is C9H10N4O3. The van der Waals surface area contributed by atoms with Crippen molar-refractivity contribution in [3.05, 3.63) is 20.8 Å². The quantitative estimate of drug-likeness (QED) is 0.563. The number of ether oxygens (including phenoxy) is 1. The maximum Gasteiger partial charge on any atom is 0.332 e. The van der Waals surface area contributed by atoms with E-state index in [0.717, 1.165) is 4.57 Å². The maximum absolute atomic E-state index is 12.0. The summed E-state index contributed by atoms with van der Waals surface area (Å²) in [5.41, 5.74) is 0.0940. The molecule has 0 unspecified atom stereocenters. The van der Waals surface area contributed by atoms with Crippen molar-refractivity contribution in [2.45, 2.75) is 6.54 Å². The molecule has 0 bridgehead atoms. The van der Waals surface area contributed by atoms with Crippen LogP contribution in [0.1, 0.15) is 0 Å². The summed E-state index contributed by atoms with van der Waals surface area (Å²) < 4.78 is 9.40. The zero-order valence-electron chi connectivity index (χ0n) is 8.93. The molecule has 0 N–H and O–H groups in total. The fraction of sp³-hybridized carbons (Fsp3) is 0.444. The van der Waals surface area contributed by atoms with Gasteiger partial charge in [0, 0.05) is 14.1 Å². The molecule has 7 nitrogen and oxygen atoms in total. The van der Waals surface area contributed by atoms with E-state index in [4.69, 9.17) is 4.74 Å².